The van der Waals surface area contributed by atoms with Crippen LogP contribution < -0.4 is 0 Å². The molecule has 0 heterocycles. The van der Waals surface area contributed by atoms with Crippen molar-refractivity contribution in [1.29, 1.82) is 0 Å². The van der Waals surface area contributed by atoms with Crippen LogP contribution in [0.1, 0.15) is 49.9 Å². The molecule has 178 valence electrons. The highest BCUT2D eigenvalue weighted by Gasteiger charge is 2.28. The number of hydrogen-bond acceptors (Lipinski definition) is 0. The van der Waals surface area contributed by atoms with Crippen molar-refractivity contribution in [2.24, 2.45) is 0 Å². The van der Waals surface area contributed by atoms with E-state index in [1.54, 1.807) is 0 Å². The molecule has 0 nitrogen and oxygen atoms in total. The van der Waals surface area contributed by atoms with E-state index in [1.165, 1.54) is 44.5 Å². The molecule has 0 saturated carbocycles. The summed E-state index contributed by atoms with van der Waals surface area (Å²) < 4.78 is 0. The minimum absolute atomic E-state index is 0.0987. The maximum absolute atomic E-state index is 2.40. The Bertz CT molecular complexity index is 1310. The van der Waals surface area contributed by atoms with Crippen molar-refractivity contribution in [3.8, 4) is 22.3 Å². The van der Waals surface area contributed by atoms with Gasteiger partial charge in [0, 0.05) is 10.8 Å². The highest BCUT2D eigenvalue weighted by Crippen LogP contribution is 2.38. The number of benzene rings is 5. The molecule has 0 bridgehead atoms. The van der Waals surface area contributed by atoms with Crippen molar-refractivity contribution in [1.82, 2.24) is 0 Å². The van der Waals surface area contributed by atoms with Gasteiger partial charge in [-0.25, -0.2) is 0 Å². The molecule has 5 aromatic carbocycles. The van der Waals surface area contributed by atoms with Crippen LogP contribution in [-0.2, 0) is 10.8 Å². The Labute approximate surface area is 216 Å². The summed E-state index contributed by atoms with van der Waals surface area (Å²) in [5.41, 5.74) is 10.1. The zero-order valence-electron chi connectivity index (χ0n) is 21.7. The molecule has 0 amide bonds. The van der Waals surface area contributed by atoms with Gasteiger partial charge in [0.1, 0.15) is 0 Å². The van der Waals surface area contributed by atoms with Gasteiger partial charge in [-0.2, -0.15) is 0 Å². The molecule has 0 aliphatic carbocycles. The van der Waals surface area contributed by atoms with E-state index in [0.717, 1.165) is 0 Å². The molecule has 0 heteroatoms. The summed E-state index contributed by atoms with van der Waals surface area (Å²) in [5.74, 6) is 0. The summed E-state index contributed by atoms with van der Waals surface area (Å²) in [5, 5.41) is 0. The Morgan fingerprint density at radius 1 is 0.306 bits per heavy atom. The SMILES string of the molecule is CC(C)(c1ccc(-c2ccccc2)cc1)c1cccc(C(C)(C)c2ccc(-c3ccccc3)cc2)c1. The van der Waals surface area contributed by atoms with Crippen LogP contribution in [0.2, 0.25) is 0 Å². The molecule has 0 aliphatic heterocycles. The molecule has 0 fully saturated rings. The van der Waals surface area contributed by atoms with Crippen molar-refractivity contribution in [2.45, 2.75) is 38.5 Å². The van der Waals surface area contributed by atoms with Crippen LogP contribution >= 0.6 is 0 Å². The van der Waals surface area contributed by atoms with Crippen LogP contribution in [0.3, 0.4) is 0 Å². The second-order valence-corrected chi connectivity index (χ2v) is 10.7. The van der Waals surface area contributed by atoms with Crippen LogP contribution in [0.15, 0.2) is 133 Å². The van der Waals surface area contributed by atoms with Crippen LogP contribution in [0.5, 0.6) is 0 Å². The second-order valence-electron chi connectivity index (χ2n) is 10.7. The summed E-state index contributed by atoms with van der Waals surface area (Å²) in [6, 6.07) is 48.4. The van der Waals surface area contributed by atoms with Gasteiger partial charge in [0.25, 0.3) is 0 Å². The van der Waals surface area contributed by atoms with Crippen molar-refractivity contribution < 1.29 is 0 Å². The van der Waals surface area contributed by atoms with Crippen molar-refractivity contribution >= 4 is 0 Å². The lowest BCUT2D eigenvalue weighted by Crippen LogP contribution is -2.22. The van der Waals surface area contributed by atoms with E-state index in [9.17, 15) is 0 Å². The van der Waals surface area contributed by atoms with E-state index < -0.39 is 0 Å². The summed E-state index contributed by atoms with van der Waals surface area (Å²) >= 11 is 0. The fraction of sp³-hybridized carbons (Fsp3) is 0.167. The highest BCUT2D eigenvalue weighted by molar-refractivity contribution is 5.65. The normalized spacial score (nSPS) is 11.9. The first kappa shape index (κ1) is 23.8. The Kier molecular flexibility index (Phi) is 6.37. The number of rotatable bonds is 6. The largest absolute Gasteiger partial charge is 0.0622 e. The Balaban J connectivity index is 1.43. The standard InChI is InChI=1S/C36H34/c1-35(2,31-22-18-29(19-23-31)27-12-7-5-8-13-27)33-16-11-17-34(26-33)36(3,4)32-24-20-30(21-25-32)28-14-9-6-10-15-28/h5-26H,1-4H3. The molecular formula is C36H34. The zero-order chi connectivity index (χ0) is 25.2. The minimum atomic E-state index is -0.0987. The zero-order valence-corrected chi connectivity index (χ0v) is 21.7. The monoisotopic (exact) mass is 466 g/mol. The van der Waals surface area contributed by atoms with E-state index in [2.05, 4.69) is 161 Å². The van der Waals surface area contributed by atoms with Crippen LogP contribution in [0.4, 0.5) is 0 Å². The van der Waals surface area contributed by atoms with Gasteiger partial charge in [0.15, 0.2) is 0 Å². The van der Waals surface area contributed by atoms with Crippen LogP contribution in [0, 0.1) is 0 Å². The Hall–Kier alpha value is -3.90. The molecule has 0 radical (unpaired) electrons. The molecule has 36 heavy (non-hydrogen) atoms. The third-order valence-corrected chi connectivity index (χ3v) is 7.73. The summed E-state index contributed by atoms with van der Waals surface area (Å²) in [4.78, 5) is 0. The van der Waals surface area contributed by atoms with Gasteiger partial charge in [0.05, 0.1) is 0 Å². The van der Waals surface area contributed by atoms with E-state index in [4.69, 9.17) is 0 Å². The van der Waals surface area contributed by atoms with E-state index in [0.29, 0.717) is 0 Å². The molecule has 0 saturated heterocycles. The lowest BCUT2D eigenvalue weighted by Gasteiger charge is -2.31. The molecule has 0 atom stereocenters. The highest BCUT2D eigenvalue weighted by atomic mass is 14.3. The first-order valence-electron chi connectivity index (χ1n) is 12.8. The van der Waals surface area contributed by atoms with Gasteiger partial charge in [-0.3, -0.25) is 0 Å². The molecular weight excluding hydrogens is 432 g/mol. The molecule has 0 N–H and O–H groups in total. The van der Waals surface area contributed by atoms with Gasteiger partial charge in [-0.1, -0.05) is 161 Å². The maximum atomic E-state index is 2.40. The van der Waals surface area contributed by atoms with Gasteiger partial charge in [-0.05, 0) is 44.5 Å². The first-order chi connectivity index (χ1) is 17.4. The van der Waals surface area contributed by atoms with E-state index in [-0.39, 0.29) is 10.8 Å². The van der Waals surface area contributed by atoms with Crippen LogP contribution in [-0.4, -0.2) is 0 Å². The summed E-state index contributed by atoms with van der Waals surface area (Å²) in [6.45, 7) is 9.30. The molecule has 5 aromatic rings. The third kappa shape index (κ3) is 4.64. The molecule has 0 aromatic heterocycles. The first-order valence-corrected chi connectivity index (χ1v) is 12.8. The Morgan fingerprint density at radius 2 is 0.639 bits per heavy atom. The van der Waals surface area contributed by atoms with Gasteiger partial charge in [-0.15, -0.1) is 0 Å². The smallest absolute Gasteiger partial charge is 0.0146 e. The summed E-state index contributed by atoms with van der Waals surface area (Å²) in [7, 11) is 0. The quantitative estimate of drug-likeness (QED) is 0.234. The molecule has 0 spiro atoms. The second kappa shape index (κ2) is 9.63. The van der Waals surface area contributed by atoms with Crippen molar-refractivity contribution in [2.75, 3.05) is 0 Å². The minimum Gasteiger partial charge on any atom is -0.0622 e. The lowest BCUT2D eigenvalue weighted by atomic mass is 9.73. The topological polar surface area (TPSA) is 0 Å². The molecule has 0 aliphatic rings. The average Bonchev–Trinajstić information content (AvgIpc) is 2.94. The van der Waals surface area contributed by atoms with Crippen molar-refractivity contribution in [3.63, 3.8) is 0 Å². The van der Waals surface area contributed by atoms with Crippen LogP contribution in [0.25, 0.3) is 22.3 Å². The fourth-order valence-electron chi connectivity index (χ4n) is 5.05. The van der Waals surface area contributed by atoms with Gasteiger partial charge >= 0.3 is 0 Å². The predicted molar refractivity (Wildman–Crippen MR) is 154 cm³/mol. The van der Waals surface area contributed by atoms with Gasteiger partial charge < -0.3 is 0 Å². The fourth-order valence-corrected chi connectivity index (χ4v) is 5.05. The average molecular weight is 467 g/mol. The maximum Gasteiger partial charge on any atom is 0.0146 e. The van der Waals surface area contributed by atoms with Crippen molar-refractivity contribution in [3.05, 3.63) is 156 Å². The molecule has 0 unspecified atom stereocenters. The molecule has 5 rings (SSSR count). The number of hydrogen-bond donors (Lipinski definition) is 0. The van der Waals surface area contributed by atoms with E-state index in [1.807, 2.05) is 0 Å². The lowest BCUT2D eigenvalue weighted by molar-refractivity contribution is 0.617. The third-order valence-electron chi connectivity index (χ3n) is 7.73. The predicted octanol–water partition coefficient (Wildman–Crippen LogP) is 9.67. The Morgan fingerprint density at radius 3 is 1.00 bits per heavy atom. The summed E-state index contributed by atoms with van der Waals surface area (Å²) in [6.07, 6.45) is 0. The van der Waals surface area contributed by atoms with E-state index >= 15 is 0 Å². The van der Waals surface area contributed by atoms with Gasteiger partial charge in [0.2, 0.25) is 0 Å².